The average molecular weight is 457 g/mol. The highest BCUT2D eigenvalue weighted by molar-refractivity contribution is 7.98. The van der Waals surface area contributed by atoms with Gasteiger partial charge in [0.05, 0.1) is 16.6 Å². The predicted octanol–water partition coefficient (Wildman–Crippen LogP) is 3.70. The molecule has 9 heteroatoms. The monoisotopic (exact) mass is 456 g/mol. The van der Waals surface area contributed by atoms with Crippen LogP contribution < -0.4 is 11.1 Å². The molecule has 3 heterocycles. The fourth-order valence-corrected chi connectivity index (χ4v) is 4.45. The molecule has 31 heavy (non-hydrogen) atoms. The summed E-state index contributed by atoms with van der Waals surface area (Å²) in [4.78, 5) is 34.9. The van der Waals surface area contributed by atoms with Crippen molar-refractivity contribution in [2.45, 2.75) is 30.8 Å². The van der Waals surface area contributed by atoms with E-state index in [0.717, 1.165) is 5.56 Å². The lowest BCUT2D eigenvalue weighted by molar-refractivity contribution is 0.189. The first-order chi connectivity index (χ1) is 15.0. The summed E-state index contributed by atoms with van der Waals surface area (Å²) in [6, 6.07) is 10.3. The van der Waals surface area contributed by atoms with Crippen molar-refractivity contribution in [2.75, 3.05) is 13.7 Å². The quantitative estimate of drug-likeness (QED) is 0.240. The number of benzene rings is 1. The van der Waals surface area contributed by atoms with Crippen LogP contribution in [0.3, 0.4) is 0 Å². The van der Waals surface area contributed by atoms with E-state index in [0.29, 0.717) is 57.7 Å². The molecule has 0 aliphatic carbocycles. The van der Waals surface area contributed by atoms with Gasteiger partial charge in [-0.05, 0) is 43.2 Å². The van der Waals surface area contributed by atoms with Gasteiger partial charge < -0.3 is 4.74 Å². The summed E-state index contributed by atoms with van der Waals surface area (Å²) in [6.45, 7) is 2.94. The van der Waals surface area contributed by atoms with Crippen LogP contribution in [-0.2, 0) is 17.0 Å². The molecule has 0 bridgehead atoms. The van der Waals surface area contributed by atoms with Crippen LogP contribution in [0.1, 0.15) is 17.7 Å². The lowest BCUT2D eigenvalue weighted by atomic mass is 10.2. The van der Waals surface area contributed by atoms with Gasteiger partial charge >= 0.3 is 0 Å². The summed E-state index contributed by atoms with van der Waals surface area (Å²) in [5, 5.41) is 1.60. The summed E-state index contributed by atoms with van der Waals surface area (Å²) in [5.74, 6) is 0.406. The van der Waals surface area contributed by atoms with Crippen LogP contribution in [-0.4, -0.2) is 32.7 Å². The average Bonchev–Trinajstić information content (AvgIpc) is 2.74. The van der Waals surface area contributed by atoms with Gasteiger partial charge in [-0.1, -0.05) is 29.4 Å². The number of fused-ring (bicyclic) bond motifs is 2. The maximum absolute atomic E-state index is 13.1. The highest BCUT2D eigenvalue weighted by Gasteiger charge is 2.13. The minimum Gasteiger partial charge on any atom is -0.385 e. The van der Waals surface area contributed by atoms with Crippen molar-refractivity contribution >= 4 is 39.9 Å². The van der Waals surface area contributed by atoms with E-state index >= 15 is 0 Å². The first-order valence-electron chi connectivity index (χ1n) is 9.77. The molecule has 0 aliphatic heterocycles. The topological polar surface area (TPSA) is 78.5 Å². The van der Waals surface area contributed by atoms with Gasteiger partial charge in [-0.25, -0.2) is 9.97 Å². The molecule has 0 saturated heterocycles. The van der Waals surface area contributed by atoms with Gasteiger partial charge in [-0.2, -0.15) is 0 Å². The van der Waals surface area contributed by atoms with E-state index in [9.17, 15) is 9.59 Å². The van der Waals surface area contributed by atoms with E-state index in [-0.39, 0.29) is 11.1 Å². The molecular weight excluding hydrogens is 436 g/mol. The second kappa shape index (κ2) is 9.21. The Bertz CT molecular complexity index is 1380. The molecular formula is C22H21ClN4O3S. The molecule has 0 aliphatic rings. The molecule has 0 radical (unpaired) electrons. The molecule has 0 fully saturated rings. The summed E-state index contributed by atoms with van der Waals surface area (Å²) >= 11 is 7.48. The third kappa shape index (κ3) is 4.51. The second-order valence-corrected chi connectivity index (χ2v) is 8.50. The van der Waals surface area contributed by atoms with Crippen molar-refractivity contribution in [3.8, 4) is 0 Å². The van der Waals surface area contributed by atoms with Crippen molar-refractivity contribution in [3.63, 3.8) is 0 Å². The number of aryl methyl sites for hydroxylation is 1. The van der Waals surface area contributed by atoms with Crippen LogP contribution in [0.5, 0.6) is 0 Å². The van der Waals surface area contributed by atoms with E-state index in [4.69, 9.17) is 16.3 Å². The van der Waals surface area contributed by atoms with E-state index < -0.39 is 0 Å². The van der Waals surface area contributed by atoms with Gasteiger partial charge in [-0.15, -0.1) is 0 Å². The molecule has 0 atom stereocenters. The third-order valence-corrected chi connectivity index (χ3v) is 6.15. The molecule has 1 aromatic carbocycles. The summed E-state index contributed by atoms with van der Waals surface area (Å²) in [6.07, 6.45) is 2.39. The van der Waals surface area contributed by atoms with Crippen LogP contribution in [0.25, 0.3) is 16.6 Å². The van der Waals surface area contributed by atoms with Crippen LogP contribution >= 0.6 is 23.4 Å². The Balaban J connectivity index is 1.72. The molecule has 0 unspecified atom stereocenters. The molecule has 4 aromatic rings. The Kier molecular flexibility index (Phi) is 6.41. The van der Waals surface area contributed by atoms with Crippen molar-refractivity contribution in [1.29, 1.82) is 0 Å². The Morgan fingerprint density at radius 3 is 2.81 bits per heavy atom. The third-order valence-electron chi connectivity index (χ3n) is 4.90. The number of aromatic nitrogens is 4. The van der Waals surface area contributed by atoms with Crippen LogP contribution in [0.15, 0.2) is 57.3 Å². The predicted molar refractivity (Wildman–Crippen MR) is 123 cm³/mol. The van der Waals surface area contributed by atoms with Crippen LogP contribution in [0.4, 0.5) is 0 Å². The van der Waals surface area contributed by atoms with Gasteiger partial charge in [0.2, 0.25) is 0 Å². The number of thioether (sulfide) groups is 1. The second-order valence-electron chi connectivity index (χ2n) is 7.12. The number of ether oxygens (including phenoxy) is 1. The normalized spacial score (nSPS) is 11.5. The van der Waals surface area contributed by atoms with Crippen LogP contribution in [0, 0.1) is 6.92 Å². The van der Waals surface area contributed by atoms with Gasteiger partial charge in [0.1, 0.15) is 5.65 Å². The maximum atomic E-state index is 13.1. The molecule has 0 spiro atoms. The zero-order valence-electron chi connectivity index (χ0n) is 17.2. The fraction of sp³-hybridized carbons (Fsp3) is 0.273. The molecule has 160 valence electrons. The largest absolute Gasteiger partial charge is 0.385 e. The highest BCUT2D eigenvalue weighted by atomic mass is 35.5. The first kappa shape index (κ1) is 21.5. The zero-order chi connectivity index (χ0) is 22.0. The van der Waals surface area contributed by atoms with E-state index in [1.807, 2.05) is 19.1 Å². The van der Waals surface area contributed by atoms with Gasteiger partial charge in [0, 0.05) is 43.3 Å². The SMILES string of the molecule is COCCCn1c(SCc2cc(=O)n3cccc(C)c3n2)nc2cc(Cl)ccc2c1=O. The standard InChI is InChI=1S/C22H21ClN4O3S/c1-14-5-3-8-26-19(28)12-16(24-20(14)26)13-31-22-25-18-11-15(23)6-7-17(18)21(29)27(22)9-4-10-30-2/h3,5-8,11-12H,4,9-10,13H2,1-2H3. The lowest BCUT2D eigenvalue weighted by Gasteiger charge is -2.13. The molecule has 4 rings (SSSR count). The van der Waals surface area contributed by atoms with E-state index in [2.05, 4.69) is 9.97 Å². The Hall–Kier alpha value is -2.68. The number of methoxy groups -OCH3 is 1. The van der Waals surface area contributed by atoms with Crippen molar-refractivity contribution in [3.05, 3.63) is 79.6 Å². The van der Waals surface area contributed by atoms with Crippen LogP contribution in [0.2, 0.25) is 5.02 Å². The Morgan fingerprint density at radius 2 is 2.00 bits per heavy atom. The number of hydrogen-bond donors (Lipinski definition) is 0. The van der Waals surface area contributed by atoms with Crippen molar-refractivity contribution in [1.82, 2.24) is 18.9 Å². The summed E-state index contributed by atoms with van der Waals surface area (Å²) in [7, 11) is 1.63. The number of rotatable bonds is 7. The first-order valence-corrected chi connectivity index (χ1v) is 11.1. The van der Waals surface area contributed by atoms with Gasteiger partial charge in [0.15, 0.2) is 5.16 Å². The highest BCUT2D eigenvalue weighted by Crippen LogP contribution is 2.23. The minimum absolute atomic E-state index is 0.123. The van der Waals surface area contributed by atoms with Crippen molar-refractivity contribution in [2.24, 2.45) is 0 Å². The zero-order valence-corrected chi connectivity index (χ0v) is 18.7. The van der Waals surface area contributed by atoms with E-state index in [1.54, 1.807) is 36.1 Å². The Morgan fingerprint density at radius 1 is 1.16 bits per heavy atom. The molecule has 0 saturated carbocycles. The number of halogens is 1. The molecule has 0 N–H and O–H groups in total. The van der Waals surface area contributed by atoms with Crippen molar-refractivity contribution < 1.29 is 4.74 Å². The fourth-order valence-electron chi connectivity index (χ4n) is 3.37. The van der Waals surface area contributed by atoms with Gasteiger partial charge in [-0.3, -0.25) is 18.6 Å². The minimum atomic E-state index is -0.139. The molecule has 3 aromatic heterocycles. The number of nitrogens with zero attached hydrogens (tertiary/aromatic N) is 4. The van der Waals surface area contributed by atoms with Gasteiger partial charge in [0.25, 0.3) is 11.1 Å². The Labute approximate surface area is 187 Å². The summed E-state index contributed by atoms with van der Waals surface area (Å²) in [5.41, 5.74) is 2.46. The maximum Gasteiger partial charge on any atom is 0.262 e. The molecule has 0 amide bonds. The number of pyridine rings is 1. The lowest BCUT2D eigenvalue weighted by Crippen LogP contribution is -2.24. The smallest absolute Gasteiger partial charge is 0.262 e. The van der Waals surface area contributed by atoms with E-state index in [1.165, 1.54) is 22.2 Å². The summed E-state index contributed by atoms with van der Waals surface area (Å²) < 4.78 is 8.31. The molecule has 7 nitrogen and oxygen atoms in total. The number of hydrogen-bond acceptors (Lipinski definition) is 6.